The number of ether oxygens (including phenoxy) is 1. The Morgan fingerprint density at radius 3 is 2.12 bits per heavy atom. The summed E-state index contributed by atoms with van der Waals surface area (Å²) in [4.78, 5) is 4.42. The van der Waals surface area contributed by atoms with Crippen molar-refractivity contribution in [1.29, 1.82) is 0 Å². The summed E-state index contributed by atoms with van der Waals surface area (Å²) >= 11 is 0. The molecular formula is C25H18F7NO. The van der Waals surface area contributed by atoms with Crippen molar-refractivity contribution in [3.8, 4) is 0 Å². The predicted octanol–water partition coefficient (Wildman–Crippen LogP) is 7.39. The van der Waals surface area contributed by atoms with E-state index in [2.05, 4.69) is 11.6 Å². The second-order valence-corrected chi connectivity index (χ2v) is 7.99. The van der Waals surface area contributed by atoms with Gasteiger partial charge in [-0.1, -0.05) is 24.8 Å². The fourth-order valence-electron chi connectivity index (χ4n) is 4.12. The third kappa shape index (κ3) is 4.93. The molecule has 1 aromatic heterocycles. The lowest BCUT2D eigenvalue weighted by Gasteiger charge is -2.34. The van der Waals surface area contributed by atoms with Gasteiger partial charge in [-0.2, -0.15) is 26.3 Å². The van der Waals surface area contributed by atoms with Gasteiger partial charge in [-0.25, -0.2) is 4.39 Å². The molecule has 0 aliphatic heterocycles. The summed E-state index contributed by atoms with van der Waals surface area (Å²) in [6.45, 7) is 3.63. The van der Waals surface area contributed by atoms with Crippen LogP contribution in [-0.2, 0) is 23.5 Å². The van der Waals surface area contributed by atoms with Crippen molar-refractivity contribution in [2.45, 2.75) is 37.2 Å². The van der Waals surface area contributed by atoms with Crippen molar-refractivity contribution in [2.75, 3.05) is 0 Å². The van der Waals surface area contributed by atoms with Gasteiger partial charge >= 0.3 is 12.4 Å². The number of pyridine rings is 1. The summed E-state index contributed by atoms with van der Waals surface area (Å²) in [6.07, 6.45) is -8.14. The van der Waals surface area contributed by atoms with Gasteiger partial charge in [-0.05, 0) is 60.4 Å². The number of hydrogen-bond donors (Lipinski definition) is 0. The van der Waals surface area contributed by atoms with Gasteiger partial charge in [-0.15, -0.1) is 0 Å². The Bertz CT molecular complexity index is 1170. The molecule has 0 bridgehead atoms. The second-order valence-electron chi connectivity index (χ2n) is 7.99. The maximum Gasteiger partial charge on any atom is 0.416 e. The minimum absolute atomic E-state index is 0.0544. The number of halogens is 7. The lowest BCUT2D eigenvalue weighted by molar-refractivity contribution is -0.143. The lowest BCUT2D eigenvalue weighted by Crippen LogP contribution is -2.29. The number of nitrogens with zero attached hydrogens (tertiary/aromatic N) is 1. The van der Waals surface area contributed by atoms with E-state index in [1.54, 1.807) is 24.4 Å². The minimum Gasteiger partial charge on any atom is -0.489 e. The number of rotatable bonds is 4. The molecule has 1 aliphatic carbocycles. The van der Waals surface area contributed by atoms with E-state index in [-0.39, 0.29) is 11.8 Å². The van der Waals surface area contributed by atoms with Crippen LogP contribution in [0.1, 0.15) is 45.8 Å². The lowest BCUT2D eigenvalue weighted by atomic mass is 9.80. The molecule has 2 nitrogen and oxygen atoms in total. The van der Waals surface area contributed by atoms with Crippen LogP contribution in [-0.4, -0.2) is 11.1 Å². The van der Waals surface area contributed by atoms with Gasteiger partial charge in [0.2, 0.25) is 0 Å². The van der Waals surface area contributed by atoms with E-state index >= 15 is 0 Å². The van der Waals surface area contributed by atoms with Gasteiger partial charge in [0.1, 0.15) is 17.7 Å². The van der Waals surface area contributed by atoms with Crippen molar-refractivity contribution < 1.29 is 35.5 Å². The fourth-order valence-corrected chi connectivity index (χ4v) is 4.12. The van der Waals surface area contributed by atoms with E-state index in [0.717, 1.165) is 5.56 Å². The first-order valence-electron chi connectivity index (χ1n) is 10.3. The number of benzene rings is 2. The zero-order valence-corrected chi connectivity index (χ0v) is 17.6. The molecule has 0 N–H and O–H groups in total. The summed E-state index contributed by atoms with van der Waals surface area (Å²) in [6, 6.07) is 10.5. The third-order valence-electron chi connectivity index (χ3n) is 5.72. The van der Waals surface area contributed by atoms with Crippen LogP contribution >= 0.6 is 0 Å². The van der Waals surface area contributed by atoms with E-state index in [0.29, 0.717) is 36.2 Å². The number of fused-ring (bicyclic) bond motifs is 1. The van der Waals surface area contributed by atoms with Crippen LogP contribution in [0.3, 0.4) is 0 Å². The Kier molecular flexibility index (Phi) is 6.14. The van der Waals surface area contributed by atoms with E-state index in [1.807, 2.05) is 6.07 Å². The second kappa shape index (κ2) is 8.77. The average molecular weight is 481 g/mol. The molecule has 178 valence electrons. The molecule has 0 saturated heterocycles. The number of aryl methyl sites for hydroxylation is 1. The van der Waals surface area contributed by atoms with Crippen LogP contribution in [0.4, 0.5) is 30.7 Å². The molecule has 2 aromatic carbocycles. The molecular weight excluding hydrogens is 463 g/mol. The molecule has 1 heterocycles. The Morgan fingerprint density at radius 1 is 0.912 bits per heavy atom. The zero-order chi connectivity index (χ0) is 24.7. The van der Waals surface area contributed by atoms with E-state index in [4.69, 9.17) is 4.74 Å². The normalized spacial score (nSPS) is 18.3. The molecule has 3 aromatic rings. The van der Waals surface area contributed by atoms with Crippen molar-refractivity contribution in [3.05, 3.63) is 107 Å². The third-order valence-corrected chi connectivity index (χ3v) is 5.72. The fraction of sp³-hybridized carbons (Fsp3) is 0.240. The number of hydrogen-bond acceptors (Lipinski definition) is 2. The highest BCUT2D eigenvalue weighted by atomic mass is 19.4. The minimum atomic E-state index is -4.99. The molecule has 0 radical (unpaired) electrons. The molecule has 0 saturated carbocycles. The molecule has 2 unspecified atom stereocenters. The molecule has 0 fully saturated rings. The van der Waals surface area contributed by atoms with Gasteiger partial charge < -0.3 is 4.74 Å². The summed E-state index contributed by atoms with van der Waals surface area (Å²) in [5.74, 6) is -1.30. The van der Waals surface area contributed by atoms with Crippen LogP contribution in [0, 0.1) is 5.82 Å². The number of aromatic nitrogens is 1. The quantitative estimate of drug-likeness (QED) is 0.286. The Morgan fingerprint density at radius 2 is 1.53 bits per heavy atom. The van der Waals surface area contributed by atoms with Crippen LogP contribution in [0.5, 0.6) is 0 Å². The highest BCUT2D eigenvalue weighted by molar-refractivity contribution is 5.60. The standard InChI is InChI=1S/C25H18F7NO/c1-14(17-11-18(24(27,28)29)13-19(12-17)25(30,31)32)34-21-9-6-16-3-2-10-33-23(16)22(21)15-4-7-20(26)8-5-15/h2-5,7-8,10-13,21-22H,1,6,9H2. The molecule has 1 aliphatic rings. The molecule has 2 atom stereocenters. The highest BCUT2D eigenvalue weighted by Gasteiger charge is 2.38. The monoisotopic (exact) mass is 481 g/mol. The molecule has 0 spiro atoms. The van der Waals surface area contributed by atoms with Crippen LogP contribution in [0.25, 0.3) is 5.76 Å². The smallest absolute Gasteiger partial charge is 0.416 e. The predicted molar refractivity (Wildman–Crippen MR) is 111 cm³/mol. The largest absolute Gasteiger partial charge is 0.489 e. The average Bonchev–Trinajstić information content (AvgIpc) is 2.78. The summed E-state index contributed by atoms with van der Waals surface area (Å²) in [7, 11) is 0. The van der Waals surface area contributed by atoms with Gasteiger partial charge in [0.15, 0.2) is 0 Å². The van der Waals surface area contributed by atoms with Crippen molar-refractivity contribution in [3.63, 3.8) is 0 Å². The van der Waals surface area contributed by atoms with Gasteiger partial charge in [0, 0.05) is 11.8 Å². The van der Waals surface area contributed by atoms with Crippen molar-refractivity contribution >= 4 is 5.76 Å². The van der Waals surface area contributed by atoms with E-state index in [9.17, 15) is 30.7 Å². The van der Waals surface area contributed by atoms with Gasteiger partial charge in [0.25, 0.3) is 0 Å². The molecule has 4 rings (SSSR count). The highest BCUT2D eigenvalue weighted by Crippen LogP contribution is 2.41. The van der Waals surface area contributed by atoms with Crippen LogP contribution in [0.15, 0.2) is 67.4 Å². The Balaban J connectivity index is 1.71. The summed E-state index contributed by atoms with van der Waals surface area (Å²) < 4.78 is 99.0. The topological polar surface area (TPSA) is 22.1 Å². The molecule has 9 heteroatoms. The van der Waals surface area contributed by atoms with Crippen molar-refractivity contribution in [1.82, 2.24) is 4.98 Å². The molecule has 0 amide bonds. The Labute approximate surface area is 190 Å². The summed E-state index contributed by atoms with van der Waals surface area (Å²) in [5.41, 5.74) is -1.09. The first-order chi connectivity index (χ1) is 15.9. The van der Waals surface area contributed by atoms with Crippen molar-refractivity contribution in [2.24, 2.45) is 0 Å². The summed E-state index contributed by atoms with van der Waals surface area (Å²) in [5, 5.41) is 0. The zero-order valence-electron chi connectivity index (χ0n) is 17.6. The first kappa shape index (κ1) is 23.8. The Hall–Kier alpha value is -3.36. The maximum atomic E-state index is 13.5. The van der Waals surface area contributed by atoms with Crippen LogP contribution < -0.4 is 0 Å². The first-order valence-corrected chi connectivity index (χ1v) is 10.3. The van der Waals surface area contributed by atoms with E-state index < -0.39 is 46.9 Å². The van der Waals surface area contributed by atoms with Gasteiger partial charge in [0.05, 0.1) is 22.7 Å². The number of alkyl halides is 6. The SMILES string of the molecule is C=C(OC1CCc2cccnc2C1c1ccc(F)cc1)c1cc(C(F)(F)F)cc(C(F)(F)F)c1. The van der Waals surface area contributed by atoms with Crippen LogP contribution in [0.2, 0.25) is 0 Å². The van der Waals surface area contributed by atoms with E-state index in [1.165, 1.54) is 12.1 Å². The maximum absolute atomic E-state index is 13.5. The molecule has 34 heavy (non-hydrogen) atoms. The van der Waals surface area contributed by atoms with Gasteiger partial charge in [-0.3, -0.25) is 4.98 Å².